The second-order valence-electron chi connectivity index (χ2n) is 5.44. The minimum Gasteiger partial charge on any atom is -0.350 e. The Hall–Kier alpha value is -2.94. The van der Waals surface area contributed by atoms with Crippen molar-refractivity contribution >= 4 is 29.2 Å². The van der Waals surface area contributed by atoms with E-state index in [2.05, 4.69) is 25.6 Å². The molecular formula is C21H24ClF4N5. The first kappa shape index (κ1) is 26.1. The van der Waals surface area contributed by atoms with Crippen LogP contribution in [-0.4, -0.2) is 15.0 Å². The van der Waals surface area contributed by atoms with Crippen molar-refractivity contribution in [2.75, 3.05) is 10.6 Å². The summed E-state index contributed by atoms with van der Waals surface area (Å²) in [6, 6.07) is 10.4. The fourth-order valence-corrected chi connectivity index (χ4v) is 2.33. The van der Waals surface area contributed by atoms with Gasteiger partial charge in [0.1, 0.15) is 5.82 Å². The van der Waals surface area contributed by atoms with Crippen molar-refractivity contribution in [1.82, 2.24) is 15.0 Å². The molecule has 3 aromatic rings. The third kappa shape index (κ3) is 8.75. The number of hydrogen-bond donors (Lipinski definition) is 2. The zero-order valence-corrected chi connectivity index (χ0v) is 18.3. The standard InChI is InChI=1S/C17H12ClF4N5.2C2H6/c18-14-25-15(23-9-10-4-6-12(19)7-5-10)27-16(26-14)24-13-3-1-2-11(8-13)17(20,21)22;2*1-2/h1-8H,9H2,(H2,23,24,25,26,27);2*1-2H3. The average molecular weight is 458 g/mol. The first-order chi connectivity index (χ1) is 14.8. The highest BCUT2D eigenvalue weighted by molar-refractivity contribution is 6.28. The lowest BCUT2D eigenvalue weighted by Crippen LogP contribution is -2.08. The third-order valence-electron chi connectivity index (χ3n) is 3.42. The molecule has 0 saturated heterocycles. The fourth-order valence-electron chi connectivity index (χ4n) is 2.17. The number of halogens is 5. The van der Waals surface area contributed by atoms with Crippen LogP contribution < -0.4 is 10.6 Å². The van der Waals surface area contributed by atoms with Crippen LogP contribution in [0.4, 0.5) is 35.1 Å². The fraction of sp³-hybridized carbons (Fsp3) is 0.286. The number of nitrogens with zero attached hydrogens (tertiary/aromatic N) is 3. The van der Waals surface area contributed by atoms with E-state index in [0.29, 0.717) is 6.54 Å². The number of anilines is 3. The molecular weight excluding hydrogens is 434 g/mol. The molecule has 3 rings (SSSR count). The van der Waals surface area contributed by atoms with Gasteiger partial charge in [0.05, 0.1) is 5.56 Å². The van der Waals surface area contributed by atoms with E-state index >= 15 is 0 Å². The Morgan fingerprint density at radius 3 is 2.10 bits per heavy atom. The van der Waals surface area contributed by atoms with Crippen LogP contribution in [0.2, 0.25) is 5.28 Å². The van der Waals surface area contributed by atoms with Gasteiger partial charge in [-0.15, -0.1) is 0 Å². The van der Waals surface area contributed by atoms with E-state index < -0.39 is 11.7 Å². The summed E-state index contributed by atoms with van der Waals surface area (Å²) >= 11 is 5.85. The van der Waals surface area contributed by atoms with Gasteiger partial charge in [-0.1, -0.05) is 45.9 Å². The summed E-state index contributed by atoms with van der Waals surface area (Å²) in [6.45, 7) is 8.30. The van der Waals surface area contributed by atoms with E-state index in [1.807, 2.05) is 27.7 Å². The van der Waals surface area contributed by atoms with E-state index in [0.717, 1.165) is 17.7 Å². The van der Waals surface area contributed by atoms with Gasteiger partial charge in [0.2, 0.25) is 17.2 Å². The molecule has 0 aliphatic carbocycles. The molecule has 0 bridgehead atoms. The van der Waals surface area contributed by atoms with Crippen molar-refractivity contribution in [1.29, 1.82) is 0 Å². The highest BCUT2D eigenvalue weighted by Crippen LogP contribution is 2.31. The molecule has 2 N–H and O–H groups in total. The molecule has 1 aromatic heterocycles. The second-order valence-corrected chi connectivity index (χ2v) is 5.77. The summed E-state index contributed by atoms with van der Waals surface area (Å²) in [5, 5.41) is 5.42. The molecule has 0 atom stereocenters. The minimum absolute atomic E-state index is 0.0177. The van der Waals surface area contributed by atoms with Gasteiger partial charge < -0.3 is 10.6 Å². The number of nitrogens with one attached hydrogen (secondary N) is 2. The lowest BCUT2D eigenvalue weighted by atomic mass is 10.2. The molecule has 5 nitrogen and oxygen atoms in total. The van der Waals surface area contributed by atoms with E-state index in [1.165, 1.54) is 24.3 Å². The minimum atomic E-state index is -4.46. The Labute approximate surface area is 183 Å². The summed E-state index contributed by atoms with van der Waals surface area (Å²) in [5.41, 5.74) is 0.124. The topological polar surface area (TPSA) is 62.7 Å². The van der Waals surface area contributed by atoms with Crippen LogP contribution in [0, 0.1) is 5.82 Å². The first-order valence-corrected chi connectivity index (χ1v) is 10.0. The monoisotopic (exact) mass is 457 g/mol. The molecule has 0 unspecified atom stereocenters. The predicted molar refractivity (Wildman–Crippen MR) is 116 cm³/mol. The van der Waals surface area contributed by atoms with E-state index in [-0.39, 0.29) is 28.7 Å². The molecule has 0 radical (unpaired) electrons. The molecule has 0 fully saturated rings. The number of alkyl halides is 3. The summed E-state index contributed by atoms with van der Waals surface area (Å²) in [4.78, 5) is 11.8. The molecule has 168 valence electrons. The molecule has 31 heavy (non-hydrogen) atoms. The van der Waals surface area contributed by atoms with E-state index in [9.17, 15) is 17.6 Å². The molecule has 1 heterocycles. The van der Waals surface area contributed by atoms with Gasteiger partial charge in [-0.2, -0.15) is 28.1 Å². The van der Waals surface area contributed by atoms with E-state index in [4.69, 9.17) is 11.6 Å². The van der Waals surface area contributed by atoms with Crippen LogP contribution in [0.25, 0.3) is 0 Å². The van der Waals surface area contributed by atoms with Gasteiger partial charge in [0.15, 0.2) is 0 Å². The second kappa shape index (κ2) is 12.7. The zero-order chi connectivity index (χ0) is 23.4. The largest absolute Gasteiger partial charge is 0.416 e. The van der Waals surface area contributed by atoms with Gasteiger partial charge in [-0.25, -0.2) is 4.39 Å². The molecule has 10 heteroatoms. The van der Waals surface area contributed by atoms with E-state index in [1.54, 1.807) is 12.1 Å². The van der Waals surface area contributed by atoms with Crippen molar-refractivity contribution in [2.45, 2.75) is 40.4 Å². The Morgan fingerprint density at radius 2 is 1.48 bits per heavy atom. The predicted octanol–water partition coefficient (Wildman–Crippen LogP) is 7.09. The van der Waals surface area contributed by atoms with Crippen molar-refractivity contribution in [3.05, 3.63) is 70.8 Å². The average Bonchev–Trinajstić information content (AvgIpc) is 2.75. The van der Waals surface area contributed by atoms with Gasteiger partial charge in [-0.05, 0) is 47.5 Å². The Kier molecular flexibility index (Phi) is 10.7. The maximum absolute atomic E-state index is 12.9. The Morgan fingerprint density at radius 1 is 0.871 bits per heavy atom. The molecule has 0 aliphatic heterocycles. The molecule has 0 amide bonds. The molecule has 0 spiro atoms. The van der Waals surface area contributed by atoms with Gasteiger partial charge in [0.25, 0.3) is 0 Å². The van der Waals surface area contributed by atoms with Gasteiger partial charge >= 0.3 is 6.18 Å². The first-order valence-electron chi connectivity index (χ1n) is 9.64. The van der Waals surface area contributed by atoms with Crippen LogP contribution in [-0.2, 0) is 12.7 Å². The highest BCUT2D eigenvalue weighted by Gasteiger charge is 2.30. The lowest BCUT2D eigenvalue weighted by molar-refractivity contribution is -0.137. The van der Waals surface area contributed by atoms with Crippen LogP contribution in [0.15, 0.2) is 48.5 Å². The maximum atomic E-state index is 12.9. The molecule has 0 saturated carbocycles. The summed E-state index contributed by atoms with van der Waals surface area (Å²) < 4.78 is 51.3. The number of hydrogen-bond acceptors (Lipinski definition) is 5. The number of rotatable bonds is 5. The van der Waals surface area contributed by atoms with Crippen LogP contribution in [0.1, 0.15) is 38.8 Å². The van der Waals surface area contributed by atoms with Crippen LogP contribution in [0.3, 0.4) is 0 Å². The van der Waals surface area contributed by atoms with Crippen molar-refractivity contribution in [3.8, 4) is 0 Å². The van der Waals surface area contributed by atoms with Crippen LogP contribution in [0.5, 0.6) is 0 Å². The van der Waals surface area contributed by atoms with Gasteiger partial charge in [-0.3, -0.25) is 0 Å². The van der Waals surface area contributed by atoms with Crippen molar-refractivity contribution < 1.29 is 17.6 Å². The summed E-state index contributed by atoms with van der Waals surface area (Å²) in [6.07, 6.45) is -4.46. The SMILES string of the molecule is CC.CC.Fc1ccc(CNc2nc(Cl)nc(Nc3cccc(C(F)(F)F)c3)n2)cc1. The quantitative estimate of drug-likeness (QED) is 0.400. The normalized spacial score (nSPS) is 10.2. The lowest BCUT2D eigenvalue weighted by Gasteiger charge is -2.11. The smallest absolute Gasteiger partial charge is 0.350 e. The Bertz CT molecular complexity index is 934. The number of aromatic nitrogens is 3. The zero-order valence-electron chi connectivity index (χ0n) is 17.6. The Balaban J connectivity index is 0.00000113. The molecule has 0 aliphatic rings. The van der Waals surface area contributed by atoms with Crippen molar-refractivity contribution in [2.24, 2.45) is 0 Å². The van der Waals surface area contributed by atoms with Gasteiger partial charge in [0, 0.05) is 12.2 Å². The maximum Gasteiger partial charge on any atom is 0.416 e. The van der Waals surface area contributed by atoms with Crippen molar-refractivity contribution in [3.63, 3.8) is 0 Å². The summed E-state index contributed by atoms with van der Waals surface area (Å²) in [7, 11) is 0. The summed E-state index contributed by atoms with van der Waals surface area (Å²) in [5.74, 6) is -0.251. The number of benzene rings is 2. The highest BCUT2D eigenvalue weighted by atomic mass is 35.5. The molecule has 2 aromatic carbocycles. The third-order valence-corrected chi connectivity index (χ3v) is 3.59. The van der Waals surface area contributed by atoms with Crippen LogP contribution >= 0.6 is 11.6 Å².